The predicted molar refractivity (Wildman–Crippen MR) is 231 cm³/mol. The summed E-state index contributed by atoms with van der Waals surface area (Å²) in [5.41, 5.74) is 6.51. The number of para-hydroxylation sites is 1. The molecule has 0 N–H and O–H groups in total. The van der Waals surface area contributed by atoms with Gasteiger partial charge in [0.25, 0.3) is 0 Å². The van der Waals surface area contributed by atoms with Gasteiger partial charge in [0, 0.05) is 58.2 Å². The van der Waals surface area contributed by atoms with Gasteiger partial charge < -0.3 is 0 Å². The molecule has 9 aromatic carbocycles. The van der Waals surface area contributed by atoms with Gasteiger partial charge in [-0.1, -0.05) is 158 Å². The predicted octanol–water partition coefficient (Wildman–Crippen LogP) is 14.0. The highest BCUT2D eigenvalue weighted by Crippen LogP contribution is 2.51. The summed E-state index contributed by atoms with van der Waals surface area (Å²) < 4.78 is 4.98. The molecule has 248 valence electrons. The van der Waals surface area contributed by atoms with Gasteiger partial charge in [-0.15, -0.1) is 11.3 Å². The molecule has 0 saturated carbocycles. The first-order valence-electron chi connectivity index (χ1n) is 18.1. The van der Waals surface area contributed by atoms with Crippen molar-refractivity contribution < 1.29 is 0 Å². The Labute approximate surface area is 310 Å². The molecule has 0 amide bonds. The Balaban J connectivity index is 1.36. The fourth-order valence-electron chi connectivity index (χ4n) is 8.83. The maximum atomic E-state index is 5.63. The van der Waals surface area contributed by atoms with Gasteiger partial charge in [0.2, 0.25) is 0 Å². The number of thiophene rings is 1. The number of aliphatic imine (C=N–C) groups is 1. The summed E-state index contributed by atoms with van der Waals surface area (Å²) in [5.74, 6) is 0.679. The topological polar surface area (TPSA) is 17.3 Å². The van der Waals surface area contributed by atoms with E-state index in [2.05, 4.69) is 175 Å². The van der Waals surface area contributed by atoms with E-state index in [9.17, 15) is 0 Å². The number of fused-ring (bicyclic) bond motifs is 16. The van der Waals surface area contributed by atoms with Crippen LogP contribution in [0.5, 0.6) is 0 Å². The number of hydrogen-bond acceptors (Lipinski definition) is 2. The molecule has 0 aliphatic carbocycles. The number of hydrogen-bond donors (Lipinski definition) is 0. The summed E-state index contributed by atoms with van der Waals surface area (Å²) in [5, 5.41) is 14.9. The molecule has 0 saturated heterocycles. The van der Waals surface area contributed by atoms with E-state index in [0.29, 0.717) is 5.82 Å². The highest BCUT2D eigenvalue weighted by molar-refractivity contribution is 7.27. The average Bonchev–Trinajstić information content (AvgIpc) is 3.77. The Morgan fingerprint density at radius 3 is 1.87 bits per heavy atom. The summed E-state index contributed by atoms with van der Waals surface area (Å²) >= 11 is 1.90. The maximum absolute atomic E-state index is 5.63. The monoisotopic (exact) mass is 692 g/mol. The van der Waals surface area contributed by atoms with Crippen LogP contribution in [0.1, 0.15) is 16.7 Å². The van der Waals surface area contributed by atoms with E-state index in [1.165, 1.54) is 79.6 Å². The summed E-state index contributed by atoms with van der Waals surface area (Å²) in [6, 6.07) is 59.2. The molecular formula is C50H32N2S. The molecule has 0 unspecified atom stereocenters. The lowest BCUT2D eigenvalue weighted by molar-refractivity contribution is 1.19. The van der Waals surface area contributed by atoms with Gasteiger partial charge in [-0.3, -0.25) is 4.57 Å². The third kappa shape index (κ3) is 4.29. The quantitative estimate of drug-likeness (QED) is 0.129. The van der Waals surface area contributed by atoms with Gasteiger partial charge in [0.1, 0.15) is 5.82 Å². The average molecular weight is 693 g/mol. The normalized spacial score (nSPS) is 12.4. The van der Waals surface area contributed by atoms with Crippen LogP contribution in [0.4, 0.5) is 0 Å². The first-order valence-corrected chi connectivity index (χ1v) is 18.9. The van der Waals surface area contributed by atoms with Gasteiger partial charge in [-0.05, 0) is 51.6 Å². The Morgan fingerprint density at radius 1 is 0.509 bits per heavy atom. The third-order valence-electron chi connectivity index (χ3n) is 11.0. The molecule has 0 aliphatic heterocycles. The van der Waals surface area contributed by atoms with Gasteiger partial charge in [-0.25, -0.2) is 4.99 Å². The van der Waals surface area contributed by atoms with Crippen LogP contribution >= 0.6 is 11.3 Å². The van der Waals surface area contributed by atoms with E-state index in [1.807, 2.05) is 11.3 Å². The molecule has 11 rings (SSSR count). The zero-order valence-corrected chi connectivity index (χ0v) is 29.9. The van der Waals surface area contributed by atoms with E-state index in [4.69, 9.17) is 11.6 Å². The second kappa shape index (κ2) is 11.5. The van der Waals surface area contributed by atoms with Crippen molar-refractivity contribution in [3.8, 4) is 0 Å². The van der Waals surface area contributed by atoms with Crippen LogP contribution in [-0.4, -0.2) is 10.3 Å². The van der Waals surface area contributed by atoms with Crippen molar-refractivity contribution in [2.45, 2.75) is 6.92 Å². The third-order valence-corrected chi connectivity index (χ3v) is 12.2. The summed E-state index contributed by atoms with van der Waals surface area (Å²) in [6.45, 7) is 7.03. The maximum Gasteiger partial charge on any atom is 0.131 e. The standard InChI is InChI=1S/C50H32N2S/c1-30-28-29-32-16-6-7-19-34(32)43(30)48(33-17-4-3-5-18-33)51-31(2)52-41-26-14-12-24-39(41)44-35-20-8-9-21-36(35)45-46(49(44)52)37-22-10-11-23-38(37)50-47(45)40-25-13-15-27-42(40)53-50/h3-29H,2H2,1H3. The van der Waals surface area contributed by atoms with Crippen LogP contribution in [0, 0.1) is 6.92 Å². The lowest BCUT2D eigenvalue weighted by Crippen LogP contribution is -2.08. The summed E-state index contributed by atoms with van der Waals surface area (Å²) in [6.07, 6.45) is 0. The Hall–Kier alpha value is -6.55. The van der Waals surface area contributed by atoms with Crippen molar-refractivity contribution in [1.82, 2.24) is 4.57 Å². The Kier molecular flexibility index (Phi) is 6.52. The fraction of sp³-hybridized carbons (Fsp3) is 0.0200. The van der Waals surface area contributed by atoms with Crippen LogP contribution in [0.15, 0.2) is 175 Å². The van der Waals surface area contributed by atoms with Crippen molar-refractivity contribution in [1.29, 1.82) is 0 Å². The van der Waals surface area contributed by atoms with E-state index >= 15 is 0 Å². The second-order valence-corrected chi connectivity index (χ2v) is 15.0. The Morgan fingerprint density at radius 2 is 1.09 bits per heavy atom. The molecule has 0 spiro atoms. The van der Waals surface area contributed by atoms with E-state index in [1.54, 1.807) is 0 Å². The van der Waals surface area contributed by atoms with Crippen LogP contribution in [0.2, 0.25) is 0 Å². The first-order chi connectivity index (χ1) is 26.2. The number of aryl methyl sites for hydroxylation is 1. The lowest BCUT2D eigenvalue weighted by atomic mass is 9.90. The number of rotatable bonds is 4. The number of aromatic nitrogens is 1. The molecule has 0 radical (unpaired) electrons. The lowest BCUT2D eigenvalue weighted by Gasteiger charge is -2.17. The second-order valence-electron chi connectivity index (χ2n) is 13.9. The molecule has 53 heavy (non-hydrogen) atoms. The molecule has 0 aliphatic rings. The molecule has 3 heteroatoms. The zero-order valence-electron chi connectivity index (χ0n) is 29.1. The van der Waals surface area contributed by atoms with Gasteiger partial charge in [0.05, 0.1) is 16.7 Å². The van der Waals surface area contributed by atoms with Crippen molar-refractivity contribution in [3.05, 3.63) is 187 Å². The summed E-state index contributed by atoms with van der Waals surface area (Å²) in [7, 11) is 0. The van der Waals surface area contributed by atoms with E-state index in [0.717, 1.165) is 27.9 Å². The molecule has 0 fully saturated rings. The first kappa shape index (κ1) is 30.1. The molecule has 0 bridgehead atoms. The largest absolute Gasteiger partial charge is 0.294 e. The smallest absolute Gasteiger partial charge is 0.131 e. The molecule has 2 heterocycles. The minimum absolute atomic E-state index is 0.679. The van der Waals surface area contributed by atoms with Crippen LogP contribution in [0.3, 0.4) is 0 Å². The highest BCUT2D eigenvalue weighted by Gasteiger charge is 2.25. The summed E-state index contributed by atoms with van der Waals surface area (Å²) in [4.78, 5) is 5.63. The number of nitrogens with zero attached hydrogens (tertiary/aromatic N) is 2. The minimum atomic E-state index is 0.679. The molecule has 2 aromatic heterocycles. The fourth-order valence-corrected chi connectivity index (χ4v) is 10.1. The molecular weight excluding hydrogens is 661 g/mol. The van der Waals surface area contributed by atoms with E-state index < -0.39 is 0 Å². The van der Waals surface area contributed by atoms with Crippen molar-refractivity contribution in [2.24, 2.45) is 4.99 Å². The van der Waals surface area contributed by atoms with Crippen LogP contribution < -0.4 is 0 Å². The SMILES string of the molecule is C=C(N=C(c1ccccc1)c1c(C)ccc2ccccc12)n1c2ccccc2c2c3ccccc3c3c4c5ccccc5sc4c4ccccc4c3c21. The van der Waals surface area contributed by atoms with Crippen LogP contribution in [-0.2, 0) is 0 Å². The zero-order chi connectivity index (χ0) is 35.2. The van der Waals surface area contributed by atoms with E-state index in [-0.39, 0.29) is 0 Å². The minimum Gasteiger partial charge on any atom is -0.294 e. The molecule has 2 nitrogen and oxygen atoms in total. The number of benzene rings is 9. The molecule has 0 atom stereocenters. The Bertz CT molecular complexity index is 3360. The van der Waals surface area contributed by atoms with Crippen molar-refractivity contribution in [2.75, 3.05) is 0 Å². The van der Waals surface area contributed by atoms with Crippen molar-refractivity contribution >= 4 is 108 Å². The van der Waals surface area contributed by atoms with Crippen molar-refractivity contribution in [3.63, 3.8) is 0 Å². The van der Waals surface area contributed by atoms with Crippen LogP contribution in [0.25, 0.3) is 90.9 Å². The molecule has 11 aromatic rings. The highest BCUT2D eigenvalue weighted by atomic mass is 32.1. The van der Waals surface area contributed by atoms with Gasteiger partial charge in [-0.2, -0.15) is 0 Å². The van der Waals surface area contributed by atoms with Gasteiger partial charge in [0.15, 0.2) is 0 Å². The van der Waals surface area contributed by atoms with Gasteiger partial charge >= 0.3 is 0 Å².